The second-order valence-electron chi connectivity index (χ2n) is 2.37. The highest BCUT2D eigenvalue weighted by molar-refractivity contribution is 9.10. The number of nitrogens with zero attached hydrogens (tertiary/aromatic N) is 1. The molecule has 0 saturated carbocycles. The molecule has 1 aromatic heterocycles. The number of halogens is 1. The van der Waals surface area contributed by atoms with Crippen molar-refractivity contribution in [2.24, 2.45) is 0 Å². The SMILES string of the molecule is CCNc1ccc(Br)nc1C(=O)O. The average Bonchev–Trinajstić information content (AvgIpc) is 2.08. The third kappa shape index (κ3) is 2.42. The number of aromatic carboxylic acids is 1. The van der Waals surface area contributed by atoms with Crippen LogP contribution in [0.3, 0.4) is 0 Å². The summed E-state index contributed by atoms with van der Waals surface area (Å²) in [7, 11) is 0. The summed E-state index contributed by atoms with van der Waals surface area (Å²) in [6.07, 6.45) is 0. The second kappa shape index (κ2) is 4.23. The van der Waals surface area contributed by atoms with Crippen molar-refractivity contribution in [3.63, 3.8) is 0 Å². The maximum atomic E-state index is 10.7. The van der Waals surface area contributed by atoms with E-state index in [2.05, 4.69) is 26.2 Å². The van der Waals surface area contributed by atoms with Crippen LogP contribution in [-0.2, 0) is 0 Å². The van der Waals surface area contributed by atoms with Gasteiger partial charge in [0.2, 0.25) is 0 Å². The fourth-order valence-electron chi connectivity index (χ4n) is 0.931. The zero-order chi connectivity index (χ0) is 9.84. The van der Waals surface area contributed by atoms with Crippen LogP contribution in [0.4, 0.5) is 5.69 Å². The molecule has 0 spiro atoms. The van der Waals surface area contributed by atoms with E-state index in [9.17, 15) is 4.79 Å². The Balaban J connectivity index is 3.10. The van der Waals surface area contributed by atoms with E-state index in [1.54, 1.807) is 12.1 Å². The number of rotatable bonds is 3. The van der Waals surface area contributed by atoms with E-state index in [1.165, 1.54) is 0 Å². The number of anilines is 1. The number of aromatic nitrogens is 1. The molecule has 0 radical (unpaired) electrons. The summed E-state index contributed by atoms with van der Waals surface area (Å²) < 4.78 is 0.520. The third-order valence-electron chi connectivity index (χ3n) is 1.43. The number of nitrogens with one attached hydrogen (secondary N) is 1. The zero-order valence-corrected chi connectivity index (χ0v) is 8.63. The van der Waals surface area contributed by atoms with Crippen LogP contribution < -0.4 is 5.32 Å². The van der Waals surface area contributed by atoms with Gasteiger partial charge in [-0.15, -0.1) is 0 Å². The standard InChI is InChI=1S/C8H9BrN2O2/c1-2-10-5-3-4-6(9)11-7(5)8(12)13/h3-4,10H,2H2,1H3,(H,12,13). The van der Waals surface area contributed by atoms with Gasteiger partial charge in [0, 0.05) is 6.54 Å². The van der Waals surface area contributed by atoms with E-state index in [0.29, 0.717) is 16.8 Å². The summed E-state index contributed by atoms with van der Waals surface area (Å²) in [5, 5.41) is 11.7. The number of carboxylic acid groups (broad SMARTS) is 1. The van der Waals surface area contributed by atoms with Crippen LogP contribution in [0.15, 0.2) is 16.7 Å². The van der Waals surface area contributed by atoms with Gasteiger partial charge in [-0.1, -0.05) is 0 Å². The Kier molecular flexibility index (Phi) is 3.25. The summed E-state index contributed by atoms with van der Waals surface area (Å²) >= 11 is 3.11. The zero-order valence-electron chi connectivity index (χ0n) is 7.04. The molecule has 4 nitrogen and oxygen atoms in total. The minimum atomic E-state index is -1.03. The lowest BCUT2D eigenvalue weighted by atomic mass is 10.3. The van der Waals surface area contributed by atoms with Crippen molar-refractivity contribution in [2.75, 3.05) is 11.9 Å². The molecule has 0 fully saturated rings. The Morgan fingerprint density at radius 3 is 2.92 bits per heavy atom. The van der Waals surface area contributed by atoms with Crippen LogP contribution in [0.2, 0.25) is 0 Å². The van der Waals surface area contributed by atoms with Crippen LogP contribution >= 0.6 is 15.9 Å². The van der Waals surface area contributed by atoms with Gasteiger partial charge in [-0.25, -0.2) is 9.78 Å². The monoisotopic (exact) mass is 244 g/mol. The van der Waals surface area contributed by atoms with Crippen molar-refractivity contribution in [2.45, 2.75) is 6.92 Å². The molecule has 1 rings (SSSR count). The minimum Gasteiger partial charge on any atom is -0.476 e. The molecular formula is C8H9BrN2O2. The predicted molar refractivity (Wildman–Crippen MR) is 53.1 cm³/mol. The number of carbonyl (C=O) groups is 1. The Morgan fingerprint density at radius 2 is 2.38 bits per heavy atom. The van der Waals surface area contributed by atoms with E-state index >= 15 is 0 Å². The second-order valence-corrected chi connectivity index (χ2v) is 3.18. The van der Waals surface area contributed by atoms with Gasteiger partial charge < -0.3 is 10.4 Å². The van der Waals surface area contributed by atoms with Crippen LogP contribution in [0.25, 0.3) is 0 Å². The van der Waals surface area contributed by atoms with Crippen molar-refractivity contribution in [3.05, 3.63) is 22.4 Å². The van der Waals surface area contributed by atoms with Gasteiger partial charge in [0.15, 0.2) is 5.69 Å². The van der Waals surface area contributed by atoms with Gasteiger partial charge in [0.1, 0.15) is 4.60 Å². The summed E-state index contributed by atoms with van der Waals surface area (Å²) in [6, 6.07) is 3.38. The van der Waals surface area contributed by atoms with E-state index < -0.39 is 5.97 Å². The lowest BCUT2D eigenvalue weighted by Crippen LogP contribution is -2.08. The van der Waals surface area contributed by atoms with Gasteiger partial charge in [0.25, 0.3) is 0 Å². The quantitative estimate of drug-likeness (QED) is 0.799. The van der Waals surface area contributed by atoms with Crippen molar-refractivity contribution >= 4 is 27.6 Å². The summed E-state index contributed by atoms with van der Waals surface area (Å²) in [4.78, 5) is 14.6. The van der Waals surface area contributed by atoms with Gasteiger partial charge in [-0.2, -0.15) is 0 Å². The molecule has 0 amide bonds. The maximum absolute atomic E-state index is 10.7. The van der Waals surface area contributed by atoms with Gasteiger partial charge in [0.05, 0.1) is 5.69 Å². The first-order valence-electron chi connectivity index (χ1n) is 3.79. The van der Waals surface area contributed by atoms with Crippen molar-refractivity contribution < 1.29 is 9.90 Å². The van der Waals surface area contributed by atoms with Crippen molar-refractivity contribution in [3.8, 4) is 0 Å². The van der Waals surface area contributed by atoms with Gasteiger partial charge >= 0.3 is 5.97 Å². The van der Waals surface area contributed by atoms with Crippen LogP contribution in [0.5, 0.6) is 0 Å². The minimum absolute atomic E-state index is 0.0382. The molecule has 0 aliphatic rings. The smallest absolute Gasteiger partial charge is 0.356 e. The van der Waals surface area contributed by atoms with E-state index in [4.69, 9.17) is 5.11 Å². The van der Waals surface area contributed by atoms with Crippen LogP contribution in [0, 0.1) is 0 Å². The molecule has 5 heteroatoms. The van der Waals surface area contributed by atoms with E-state index in [0.717, 1.165) is 0 Å². The summed E-state index contributed by atoms with van der Waals surface area (Å²) in [6.45, 7) is 2.57. The first kappa shape index (κ1) is 9.98. The fraction of sp³-hybridized carbons (Fsp3) is 0.250. The highest BCUT2D eigenvalue weighted by atomic mass is 79.9. The molecule has 70 valence electrons. The molecule has 1 aromatic rings. The molecule has 0 aliphatic carbocycles. The Morgan fingerprint density at radius 1 is 1.69 bits per heavy atom. The maximum Gasteiger partial charge on any atom is 0.356 e. The molecular weight excluding hydrogens is 236 g/mol. The van der Waals surface area contributed by atoms with Gasteiger partial charge in [-0.05, 0) is 35.0 Å². The third-order valence-corrected chi connectivity index (χ3v) is 1.87. The largest absolute Gasteiger partial charge is 0.476 e. The number of pyridine rings is 1. The highest BCUT2D eigenvalue weighted by Crippen LogP contribution is 2.16. The van der Waals surface area contributed by atoms with Crippen molar-refractivity contribution in [1.29, 1.82) is 0 Å². The predicted octanol–water partition coefficient (Wildman–Crippen LogP) is 1.97. The summed E-state index contributed by atoms with van der Waals surface area (Å²) in [5.41, 5.74) is 0.578. The molecule has 2 N–H and O–H groups in total. The van der Waals surface area contributed by atoms with Crippen molar-refractivity contribution in [1.82, 2.24) is 4.98 Å². The first-order chi connectivity index (χ1) is 6.15. The molecule has 0 aromatic carbocycles. The average molecular weight is 245 g/mol. The lowest BCUT2D eigenvalue weighted by molar-refractivity contribution is 0.0691. The molecule has 0 saturated heterocycles. The summed E-state index contributed by atoms with van der Waals surface area (Å²) in [5.74, 6) is -1.03. The fourth-order valence-corrected chi connectivity index (χ4v) is 1.24. The topological polar surface area (TPSA) is 62.2 Å². The van der Waals surface area contributed by atoms with Crippen LogP contribution in [-0.4, -0.2) is 22.6 Å². The molecule has 0 atom stereocenters. The highest BCUT2D eigenvalue weighted by Gasteiger charge is 2.11. The molecule has 1 heterocycles. The number of hydrogen-bond donors (Lipinski definition) is 2. The first-order valence-corrected chi connectivity index (χ1v) is 4.58. The molecule has 0 aliphatic heterocycles. The molecule has 0 unspecified atom stereocenters. The Bertz CT molecular complexity index is 328. The van der Waals surface area contributed by atoms with Gasteiger partial charge in [-0.3, -0.25) is 0 Å². The lowest BCUT2D eigenvalue weighted by Gasteiger charge is -2.05. The molecule has 0 bridgehead atoms. The Labute approximate surface area is 84.1 Å². The molecule has 13 heavy (non-hydrogen) atoms. The van der Waals surface area contributed by atoms with Crippen LogP contribution in [0.1, 0.15) is 17.4 Å². The Hall–Kier alpha value is -1.10. The number of hydrogen-bond acceptors (Lipinski definition) is 3. The van der Waals surface area contributed by atoms with E-state index in [1.807, 2.05) is 6.92 Å². The van der Waals surface area contributed by atoms with E-state index in [-0.39, 0.29) is 5.69 Å². The number of carboxylic acids is 1. The normalized spacial score (nSPS) is 9.69.